The minimum absolute atomic E-state index is 0.298. The second kappa shape index (κ2) is 6.02. The van der Waals surface area contributed by atoms with E-state index in [0.717, 1.165) is 16.7 Å². The number of hydrogen-bond acceptors (Lipinski definition) is 5. The zero-order valence-electron chi connectivity index (χ0n) is 11.9. The van der Waals surface area contributed by atoms with E-state index in [-0.39, 0.29) is 0 Å². The van der Waals surface area contributed by atoms with Crippen molar-refractivity contribution in [3.05, 3.63) is 60.4 Å². The second-order valence-electron chi connectivity index (χ2n) is 4.52. The van der Waals surface area contributed by atoms with Crippen LogP contribution in [0.2, 0.25) is 0 Å². The standard InChI is InChI=1S/C17H12N4O/c1-22-13-8-6-12(7-9-13)16(10-18)21-17-14-4-2-3-5-15(14)19-11-20-17/h2-9,11H,1H3. The number of ether oxygens (including phenoxy) is 1. The molecule has 1 aromatic heterocycles. The van der Waals surface area contributed by atoms with Gasteiger partial charge in [-0.15, -0.1) is 0 Å². The molecule has 0 aliphatic carbocycles. The van der Waals surface area contributed by atoms with E-state index in [9.17, 15) is 5.26 Å². The van der Waals surface area contributed by atoms with E-state index in [0.29, 0.717) is 17.1 Å². The Morgan fingerprint density at radius 2 is 1.86 bits per heavy atom. The molecular formula is C17H12N4O. The van der Waals surface area contributed by atoms with Crippen LogP contribution in [0.5, 0.6) is 5.75 Å². The van der Waals surface area contributed by atoms with E-state index in [2.05, 4.69) is 21.0 Å². The summed E-state index contributed by atoms with van der Waals surface area (Å²) in [5.74, 6) is 1.21. The number of para-hydroxylation sites is 1. The molecule has 0 saturated carbocycles. The molecule has 0 unspecified atom stereocenters. The number of nitriles is 1. The second-order valence-corrected chi connectivity index (χ2v) is 4.52. The minimum atomic E-state index is 0.298. The monoisotopic (exact) mass is 288 g/mol. The SMILES string of the molecule is COc1ccc(C(C#N)=Nc2ncnc3ccccc23)cc1. The molecule has 3 aromatic rings. The van der Waals surface area contributed by atoms with E-state index < -0.39 is 0 Å². The Bertz CT molecular complexity index is 874. The van der Waals surface area contributed by atoms with Crippen LogP contribution >= 0.6 is 0 Å². The third-order valence-corrected chi connectivity index (χ3v) is 3.21. The molecule has 0 aliphatic heterocycles. The molecule has 0 amide bonds. The van der Waals surface area contributed by atoms with Gasteiger partial charge in [0.25, 0.3) is 0 Å². The van der Waals surface area contributed by atoms with Gasteiger partial charge < -0.3 is 4.74 Å². The van der Waals surface area contributed by atoms with Gasteiger partial charge in [0.1, 0.15) is 23.9 Å². The van der Waals surface area contributed by atoms with Gasteiger partial charge in [-0.2, -0.15) is 5.26 Å². The van der Waals surface area contributed by atoms with Crippen LogP contribution in [0.15, 0.2) is 59.9 Å². The largest absolute Gasteiger partial charge is 0.497 e. The molecule has 0 atom stereocenters. The Morgan fingerprint density at radius 1 is 1.09 bits per heavy atom. The number of methoxy groups -OCH3 is 1. The first-order valence-electron chi connectivity index (χ1n) is 6.65. The molecule has 0 radical (unpaired) electrons. The van der Waals surface area contributed by atoms with Gasteiger partial charge >= 0.3 is 0 Å². The zero-order chi connectivity index (χ0) is 15.4. The maximum Gasteiger partial charge on any atom is 0.164 e. The van der Waals surface area contributed by atoms with Crippen molar-refractivity contribution < 1.29 is 4.74 Å². The molecule has 2 aromatic carbocycles. The highest BCUT2D eigenvalue weighted by Crippen LogP contribution is 2.22. The summed E-state index contributed by atoms with van der Waals surface area (Å²) in [6.45, 7) is 0. The Kier molecular flexibility index (Phi) is 3.75. The number of benzene rings is 2. The minimum Gasteiger partial charge on any atom is -0.497 e. The van der Waals surface area contributed by atoms with Gasteiger partial charge in [-0.25, -0.2) is 15.0 Å². The molecule has 22 heavy (non-hydrogen) atoms. The number of aliphatic imine (C=N–C) groups is 1. The normalized spacial score (nSPS) is 11.2. The van der Waals surface area contributed by atoms with Crippen molar-refractivity contribution in [1.29, 1.82) is 5.26 Å². The Hall–Kier alpha value is -3.26. The lowest BCUT2D eigenvalue weighted by molar-refractivity contribution is 0.415. The molecule has 3 rings (SSSR count). The summed E-state index contributed by atoms with van der Waals surface area (Å²) in [6.07, 6.45) is 1.45. The number of nitrogens with zero attached hydrogens (tertiary/aromatic N) is 4. The molecule has 0 saturated heterocycles. The van der Waals surface area contributed by atoms with Crippen molar-refractivity contribution in [2.45, 2.75) is 0 Å². The highest BCUT2D eigenvalue weighted by Gasteiger charge is 2.07. The fourth-order valence-electron chi connectivity index (χ4n) is 2.09. The molecule has 106 valence electrons. The molecule has 5 nitrogen and oxygen atoms in total. The Balaban J connectivity index is 2.09. The van der Waals surface area contributed by atoms with Gasteiger partial charge in [0, 0.05) is 10.9 Å². The third kappa shape index (κ3) is 2.63. The van der Waals surface area contributed by atoms with Crippen LogP contribution in [-0.4, -0.2) is 22.8 Å². The van der Waals surface area contributed by atoms with Crippen molar-refractivity contribution in [2.24, 2.45) is 4.99 Å². The smallest absolute Gasteiger partial charge is 0.164 e. The van der Waals surface area contributed by atoms with Crippen LogP contribution < -0.4 is 4.74 Å². The van der Waals surface area contributed by atoms with Gasteiger partial charge in [-0.1, -0.05) is 12.1 Å². The molecule has 0 bridgehead atoms. The van der Waals surface area contributed by atoms with E-state index in [1.807, 2.05) is 24.3 Å². The van der Waals surface area contributed by atoms with Crippen LogP contribution in [0.25, 0.3) is 10.9 Å². The van der Waals surface area contributed by atoms with Crippen molar-refractivity contribution >= 4 is 22.4 Å². The first kappa shape index (κ1) is 13.7. The lowest BCUT2D eigenvalue weighted by Gasteiger charge is -2.03. The summed E-state index contributed by atoms with van der Waals surface area (Å²) < 4.78 is 5.12. The van der Waals surface area contributed by atoms with E-state index >= 15 is 0 Å². The van der Waals surface area contributed by atoms with Crippen LogP contribution in [0, 0.1) is 11.3 Å². The van der Waals surface area contributed by atoms with E-state index in [1.165, 1.54) is 6.33 Å². The maximum absolute atomic E-state index is 9.38. The quantitative estimate of drug-likeness (QED) is 0.693. The molecule has 1 heterocycles. The number of aromatic nitrogens is 2. The van der Waals surface area contributed by atoms with E-state index in [1.54, 1.807) is 31.4 Å². The zero-order valence-corrected chi connectivity index (χ0v) is 11.9. The lowest BCUT2D eigenvalue weighted by atomic mass is 10.1. The fourth-order valence-corrected chi connectivity index (χ4v) is 2.09. The summed E-state index contributed by atoms with van der Waals surface area (Å²) >= 11 is 0. The maximum atomic E-state index is 9.38. The number of hydrogen-bond donors (Lipinski definition) is 0. The summed E-state index contributed by atoms with van der Waals surface area (Å²) in [7, 11) is 1.60. The van der Waals surface area contributed by atoms with Crippen LogP contribution in [-0.2, 0) is 0 Å². The van der Waals surface area contributed by atoms with Crippen LogP contribution in [0.1, 0.15) is 5.56 Å². The molecule has 0 fully saturated rings. The van der Waals surface area contributed by atoms with Crippen molar-refractivity contribution in [3.63, 3.8) is 0 Å². The summed E-state index contributed by atoms with van der Waals surface area (Å²) in [6, 6.07) is 16.9. The first-order valence-corrected chi connectivity index (χ1v) is 6.65. The fraction of sp³-hybridized carbons (Fsp3) is 0.0588. The average molecular weight is 288 g/mol. The lowest BCUT2D eigenvalue weighted by Crippen LogP contribution is -1.97. The predicted molar refractivity (Wildman–Crippen MR) is 84.3 cm³/mol. The topological polar surface area (TPSA) is 71.2 Å². The summed E-state index contributed by atoms with van der Waals surface area (Å²) in [5, 5.41) is 10.2. The van der Waals surface area contributed by atoms with Crippen molar-refractivity contribution in [3.8, 4) is 11.8 Å². The van der Waals surface area contributed by atoms with Crippen molar-refractivity contribution in [2.75, 3.05) is 7.11 Å². The van der Waals surface area contributed by atoms with Crippen molar-refractivity contribution in [1.82, 2.24) is 9.97 Å². The van der Waals surface area contributed by atoms with Gasteiger partial charge in [0.2, 0.25) is 0 Å². The molecule has 0 N–H and O–H groups in total. The van der Waals surface area contributed by atoms with Crippen LogP contribution in [0.3, 0.4) is 0 Å². The van der Waals surface area contributed by atoms with Gasteiger partial charge in [-0.05, 0) is 36.4 Å². The highest BCUT2D eigenvalue weighted by molar-refractivity contribution is 6.13. The predicted octanol–water partition coefficient (Wildman–Crippen LogP) is 3.28. The van der Waals surface area contributed by atoms with Gasteiger partial charge in [0.05, 0.1) is 12.6 Å². The Morgan fingerprint density at radius 3 is 2.59 bits per heavy atom. The average Bonchev–Trinajstić information content (AvgIpc) is 2.60. The molecule has 5 heteroatoms. The molecular weight excluding hydrogens is 276 g/mol. The Labute approximate surface area is 127 Å². The third-order valence-electron chi connectivity index (χ3n) is 3.21. The highest BCUT2D eigenvalue weighted by atomic mass is 16.5. The van der Waals surface area contributed by atoms with Gasteiger partial charge in [0.15, 0.2) is 5.82 Å². The summed E-state index contributed by atoms with van der Waals surface area (Å²) in [5.41, 5.74) is 1.81. The number of rotatable bonds is 3. The first-order chi connectivity index (χ1) is 10.8. The van der Waals surface area contributed by atoms with Gasteiger partial charge in [-0.3, -0.25) is 0 Å². The molecule has 0 spiro atoms. The number of fused-ring (bicyclic) bond motifs is 1. The van der Waals surface area contributed by atoms with E-state index in [4.69, 9.17) is 4.74 Å². The van der Waals surface area contributed by atoms with Crippen LogP contribution in [0.4, 0.5) is 5.82 Å². The molecule has 0 aliphatic rings. The summed E-state index contributed by atoms with van der Waals surface area (Å²) in [4.78, 5) is 12.8.